The van der Waals surface area contributed by atoms with Crippen molar-refractivity contribution in [1.82, 2.24) is 9.55 Å². The molecule has 4 nitrogen and oxygen atoms in total. The molecule has 0 amide bonds. The van der Waals surface area contributed by atoms with Gasteiger partial charge in [0.15, 0.2) is 5.69 Å². The van der Waals surface area contributed by atoms with E-state index in [0.29, 0.717) is 5.69 Å². The number of nitriles is 1. The molecule has 92 valence electrons. The molecule has 0 aliphatic rings. The molecule has 0 saturated carbocycles. The van der Waals surface area contributed by atoms with Gasteiger partial charge in [0.25, 0.3) is 0 Å². The summed E-state index contributed by atoms with van der Waals surface area (Å²) in [5.74, 6) is 0.888. The van der Waals surface area contributed by atoms with Crippen molar-refractivity contribution >= 4 is 0 Å². The predicted octanol–water partition coefficient (Wildman–Crippen LogP) is 2.58. The number of aromatic nitrogens is 2. The van der Waals surface area contributed by atoms with E-state index >= 15 is 0 Å². The second-order valence-electron chi connectivity index (χ2n) is 4.31. The maximum atomic E-state index is 9.08. The molecule has 0 aliphatic carbocycles. The van der Waals surface area contributed by atoms with E-state index in [4.69, 9.17) is 10.00 Å². The molecule has 4 heteroatoms. The maximum Gasteiger partial charge on any atom is 0.166 e. The fraction of sp³-hybridized carbons (Fsp3) is 0.286. The van der Waals surface area contributed by atoms with Crippen LogP contribution in [0.5, 0.6) is 5.75 Å². The van der Waals surface area contributed by atoms with Gasteiger partial charge in [-0.3, -0.25) is 0 Å². The van der Waals surface area contributed by atoms with Gasteiger partial charge in [0.05, 0.1) is 19.1 Å². The zero-order valence-electron chi connectivity index (χ0n) is 11.0. The van der Waals surface area contributed by atoms with Gasteiger partial charge in [0, 0.05) is 12.6 Å². The quantitative estimate of drug-likeness (QED) is 0.812. The van der Waals surface area contributed by atoms with Crippen LogP contribution in [0.4, 0.5) is 0 Å². The Kier molecular flexibility index (Phi) is 3.07. The Morgan fingerprint density at radius 2 is 1.89 bits per heavy atom. The summed E-state index contributed by atoms with van der Waals surface area (Å²) in [4.78, 5) is 4.08. The highest BCUT2D eigenvalue weighted by molar-refractivity contribution is 5.68. The number of hydrogen-bond donors (Lipinski definition) is 0. The number of aryl methyl sites for hydroxylation is 3. The first-order valence-corrected chi connectivity index (χ1v) is 5.65. The minimum Gasteiger partial charge on any atom is -0.496 e. The van der Waals surface area contributed by atoms with Crippen molar-refractivity contribution in [2.75, 3.05) is 7.11 Å². The standard InChI is InChI=1S/C14H15N3O/c1-9-5-11(6-10(2)14(9)18-4)13-12(7-15)16-8-17(13)3/h5-6,8H,1-4H3. The summed E-state index contributed by atoms with van der Waals surface area (Å²) >= 11 is 0. The highest BCUT2D eigenvalue weighted by atomic mass is 16.5. The first-order valence-electron chi connectivity index (χ1n) is 5.65. The van der Waals surface area contributed by atoms with E-state index in [-0.39, 0.29) is 0 Å². The van der Waals surface area contributed by atoms with Crippen LogP contribution in [0.2, 0.25) is 0 Å². The lowest BCUT2D eigenvalue weighted by atomic mass is 10.0. The molecule has 1 aromatic heterocycles. The molecule has 0 N–H and O–H groups in total. The summed E-state index contributed by atoms with van der Waals surface area (Å²) < 4.78 is 7.21. The van der Waals surface area contributed by atoms with Crippen LogP contribution in [0, 0.1) is 25.2 Å². The summed E-state index contributed by atoms with van der Waals surface area (Å²) in [5.41, 5.74) is 4.38. The lowest BCUT2D eigenvalue weighted by Crippen LogP contribution is -1.96. The van der Waals surface area contributed by atoms with E-state index in [0.717, 1.165) is 28.1 Å². The average Bonchev–Trinajstić information content (AvgIpc) is 2.70. The van der Waals surface area contributed by atoms with Gasteiger partial charge in [-0.15, -0.1) is 0 Å². The van der Waals surface area contributed by atoms with E-state index in [2.05, 4.69) is 11.1 Å². The first-order chi connectivity index (χ1) is 8.58. The van der Waals surface area contributed by atoms with Crippen LogP contribution < -0.4 is 4.74 Å². The zero-order valence-corrected chi connectivity index (χ0v) is 11.0. The molecule has 0 fully saturated rings. The zero-order chi connectivity index (χ0) is 13.3. The Morgan fingerprint density at radius 1 is 1.28 bits per heavy atom. The highest BCUT2D eigenvalue weighted by Crippen LogP contribution is 2.30. The third-order valence-corrected chi connectivity index (χ3v) is 2.98. The van der Waals surface area contributed by atoms with Gasteiger partial charge in [-0.25, -0.2) is 4.98 Å². The van der Waals surface area contributed by atoms with Crippen LogP contribution >= 0.6 is 0 Å². The van der Waals surface area contributed by atoms with Crippen molar-refractivity contribution in [2.24, 2.45) is 7.05 Å². The lowest BCUT2D eigenvalue weighted by molar-refractivity contribution is 0.408. The van der Waals surface area contributed by atoms with Gasteiger partial charge in [-0.1, -0.05) is 0 Å². The monoisotopic (exact) mass is 241 g/mol. The molecule has 18 heavy (non-hydrogen) atoms. The molecule has 0 saturated heterocycles. The van der Waals surface area contributed by atoms with E-state index in [9.17, 15) is 0 Å². The summed E-state index contributed by atoms with van der Waals surface area (Å²) in [7, 11) is 3.55. The minimum absolute atomic E-state index is 0.446. The van der Waals surface area contributed by atoms with Gasteiger partial charge in [-0.2, -0.15) is 5.26 Å². The number of benzene rings is 1. The highest BCUT2D eigenvalue weighted by Gasteiger charge is 2.13. The fourth-order valence-corrected chi connectivity index (χ4v) is 2.26. The Bertz CT molecular complexity index is 612. The molecular formula is C14H15N3O. The largest absolute Gasteiger partial charge is 0.496 e. The smallest absolute Gasteiger partial charge is 0.166 e. The second-order valence-corrected chi connectivity index (χ2v) is 4.31. The van der Waals surface area contributed by atoms with Gasteiger partial charge in [0.2, 0.25) is 0 Å². The van der Waals surface area contributed by atoms with E-state index in [1.54, 1.807) is 13.4 Å². The minimum atomic E-state index is 0.446. The normalized spacial score (nSPS) is 10.2. The molecular weight excluding hydrogens is 226 g/mol. The third kappa shape index (κ3) is 1.84. The maximum absolute atomic E-state index is 9.08. The number of imidazole rings is 1. The summed E-state index contributed by atoms with van der Waals surface area (Å²) in [6.07, 6.45) is 1.66. The molecule has 0 unspecified atom stereocenters. The summed E-state index contributed by atoms with van der Waals surface area (Å²) in [6, 6.07) is 6.15. The van der Waals surface area contributed by atoms with Crippen LogP contribution in [-0.2, 0) is 7.05 Å². The van der Waals surface area contributed by atoms with Crippen molar-refractivity contribution in [3.05, 3.63) is 35.3 Å². The van der Waals surface area contributed by atoms with Crippen molar-refractivity contribution in [1.29, 1.82) is 5.26 Å². The van der Waals surface area contributed by atoms with Crippen LogP contribution in [0.1, 0.15) is 16.8 Å². The Balaban J connectivity index is 2.66. The molecule has 0 bridgehead atoms. The van der Waals surface area contributed by atoms with Crippen LogP contribution in [-0.4, -0.2) is 16.7 Å². The van der Waals surface area contributed by atoms with Crippen molar-refractivity contribution in [3.8, 4) is 23.1 Å². The molecule has 2 aromatic rings. The van der Waals surface area contributed by atoms with E-state index in [1.807, 2.05) is 37.6 Å². The number of nitrogens with zero attached hydrogens (tertiary/aromatic N) is 3. The molecule has 0 aliphatic heterocycles. The topological polar surface area (TPSA) is 50.8 Å². The Hall–Kier alpha value is -2.28. The molecule has 0 spiro atoms. The molecule has 1 aromatic carbocycles. The number of methoxy groups -OCH3 is 1. The van der Waals surface area contributed by atoms with Crippen LogP contribution in [0.25, 0.3) is 11.3 Å². The van der Waals surface area contributed by atoms with E-state index < -0.39 is 0 Å². The SMILES string of the molecule is COc1c(C)cc(-c2c(C#N)ncn2C)cc1C. The summed E-state index contributed by atoms with van der Waals surface area (Å²) in [5, 5.41) is 9.08. The van der Waals surface area contributed by atoms with Gasteiger partial charge >= 0.3 is 0 Å². The number of hydrogen-bond acceptors (Lipinski definition) is 3. The van der Waals surface area contributed by atoms with Gasteiger partial charge in [0.1, 0.15) is 11.8 Å². The lowest BCUT2D eigenvalue weighted by Gasteiger charge is -2.11. The van der Waals surface area contributed by atoms with E-state index in [1.165, 1.54) is 0 Å². The van der Waals surface area contributed by atoms with Gasteiger partial charge in [-0.05, 0) is 37.1 Å². The Morgan fingerprint density at radius 3 is 2.39 bits per heavy atom. The molecule has 0 radical (unpaired) electrons. The number of ether oxygens (including phenoxy) is 1. The molecule has 2 rings (SSSR count). The van der Waals surface area contributed by atoms with Crippen molar-refractivity contribution < 1.29 is 4.74 Å². The number of rotatable bonds is 2. The second kappa shape index (κ2) is 4.53. The van der Waals surface area contributed by atoms with Crippen molar-refractivity contribution in [2.45, 2.75) is 13.8 Å². The Labute approximate surface area is 106 Å². The first kappa shape index (κ1) is 12.2. The predicted molar refractivity (Wildman–Crippen MR) is 69.4 cm³/mol. The molecule has 1 heterocycles. The molecule has 0 atom stereocenters. The van der Waals surface area contributed by atoms with Crippen LogP contribution in [0.3, 0.4) is 0 Å². The summed E-state index contributed by atoms with van der Waals surface area (Å²) in [6.45, 7) is 4.00. The van der Waals surface area contributed by atoms with Crippen LogP contribution in [0.15, 0.2) is 18.5 Å². The average molecular weight is 241 g/mol. The van der Waals surface area contributed by atoms with Crippen molar-refractivity contribution in [3.63, 3.8) is 0 Å². The third-order valence-electron chi connectivity index (χ3n) is 2.98. The van der Waals surface area contributed by atoms with Gasteiger partial charge < -0.3 is 9.30 Å². The fourth-order valence-electron chi connectivity index (χ4n) is 2.26.